The van der Waals surface area contributed by atoms with E-state index in [1.54, 1.807) is 12.4 Å². The zero-order valence-electron chi connectivity index (χ0n) is 19.4. The van der Waals surface area contributed by atoms with Gasteiger partial charge in [0, 0.05) is 31.5 Å². The van der Waals surface area contributed by atoms with Gasteiger partial charge in [0.25, 0.3) is 5.56 Å². The van der Waals surface area contributed by atoms with Gasteiger partial charge >= 0.3 is 0 Å². The minimum atomic E-state index is -0.233. The van der Waals surface area contributed by atoms with Crippen molar-refractivity contribution in [3.63, 3.8) is 0 Å². The Hall–Kier alpha value is -4.02. The lowest BCUT2D eigenvalue weighted by molar-refractivity contribution is 0.0322. The van der Waals surface area contributed by atoms with Crippen LogP contribution < -0.4 is 20.3 Å². The maximum absolute atomic E-state index is 12.6. The molecular weight excluding hydrogens is 448 g/mol. The lowest BCUT2D eigenvalue weighted by Gasteiger charge is -2.26. The van der Waals surface area contributed by atoms with E-state index in [2.05, 4.69) is 25.2 Å². The number of morpholine rings is 1. The number of hydrogen-bond donors (Lipinski definition) is 2. The number of ether oxygens (including phenoxy) is 3. The molecule has 5 rings (SSSR count). The molecule has 1 fully saturated rings. The number of benzene rings is 1. The fourth-order valence-electron chi connectivity index (χ4n) is 3.89. The molecule has 10 nitrogen and oxygen atoms in total. The summed E-state index contributed by atoms with van der Waals surface area (Å²) in [4.78, 5) is 31.0. The molecule has 0 aliphatic carbocycles. The van der Waals surface area contributed by atoms with Crippen LogP contribution in [0.5, 0.6) is 11.6 Å². The highest BCUT2D eigenvalue weighted by atomic mass is 16.5. The van der Waals surface area contributed by atoms with Crippen molar-refractivity contribution < 1.29 is 14.2 Å². The lowest BCUT2D eigenvalue weighted by atomic mass is 10.1. The molecule has 0 bridgehead atoms. The maximum atomic E-state index is 12.6. The predicted molar refractivity (Wildman–Crippen MR) is 132 cm³/mol. The Morgan fingerprint density at radius 3 is 2.71 bits per heavy atom. The molecule has 0 unspecified atom stereocenters. The third-order valence-electron chi connectivity index (χ3n) is 5.74. The average Bonchev–Trinajstić information content (AvgIpc) is 2.90. The van der Waals surface area contributed by atoms with Crippen molar-refractivity contribution in [2.75, 3.05) is 51.9 Å². The molecule has 4 aromatic rings. The number of nitrogens with zero attached hydrogens (tertiary/aromatic N) is 4. The number of nitrogens with one attached hydrogen (secondary N) is 2. The number of methoxy groups -OCH3 is 1. The first kappa shape index (κ1) is 22.8. The molecule has 1 saturated heterocycles. The van der Waals surface area contributed by atoms with Gasteiger partial charge in [-0.15, -0.1) is 0 Å². The number of anilines is 2. The van der Waals surface area contributed by atoms with E-state index < -0.39 is 0 Å². The largest absolute Gasteiger partial charge is 0.492 e. The van der Waals surface area contributed by atoms with E-state index in [-0.39, 0.29) is 5.56 Å². The van der Waals surface area contributed by atoms with Crippen LogP contribution in [-0.2, 0) is 4.74 Å². The highest BCUT2D eigenvalue weighted by Gasteiger charge is 2.14. The monoisotopic (exact) mass is 474 g/mol. The predicted octanol–water partition coefficient (Wildman–Crippen LogP) is 2.84. The van der Waals surface area contributed by atoms with Crippen molar-refractivity contribution in [2.24, 2.45) is 0 Å². The summed E-state index contributed by atoms with van der Waals surface area (Å²) in [5.74, 6) is 1.58. The van der Waals surface area contributed by atoms with Crippen LogP contribution in [0.2, 0.25) is 0 Å². The van der Waals surface area contributed by atoms with E-state index in [0.29, 0.717) is 35.1 Å². The summed E-state index contributed by atoms with van der Waals surface area (Å²) in [6.45, 7) is 4.90. The minimum Gasteiger partial charge on any atom is -0.492 e. The summed E-state index contributed by atoms with van der Waals surface area (Å²) in [5.41, 5.74) is 1.65. The minimum absolute atomic E-state index is 0.233. The van der Waals surface area contributed by atoms with Gasteiger partial charge in [0.05, 0.1) is 43.8 Å². The Morgan fingerprint density at radius 2 is 1.91 bits per heavy atom. The first-order chi connectivity index (χ1) is 17.2. The van der Waals surface area contributed by atoms with Crippen LogP contribution in [0.25, 0.3) is 22.2 Å². The number of hydrogen-bond acceptors (Lipinski definition) is 9. The van der Waals surface area contributed by atoms with Crippen LogP contribution in [0.3, 0.4) is 0 Å². The third-order valence-corrected chi connectivity index (χ3v) is 5.74. The van der Waals surface area contributed by atoms with Gasteiger partial charge in [-0.1, -0.05) is 0 Å². The van der Waals surface area contributed by atoms with E-state index in [1.807, 2.05) is 36.4 Å². The van der Waals surface area contributed by atoms with Crippen LogP contribution in [0.1, 0.15) is 0 Å². The average molecular weight is 475 g/mol. The van der Waals surface area contributed by atoms with E-state index in [9.17, 15) is 4.79 Å². The topological polar surface area (TPSA) is 114 Å². The van der Waals surface area contributed by atoms with Gasteiger partial charge in [-0.05, 0) is 41.8 Å². The second kappa shape index (κ2) is 10.5. The SMILES string of the molecule is COc1cncc(-c2cc3cc[nH]c(=O)c3c(Nc3ccc(OCCN4CCOCC4)cc3)n2)n1. The molecule has 35 heavy (non-hydrogen) atoms. The molecule has 1 aliphatic heterocycles. The molecule has 1 aromatic carbocycles. The standard InChI is InChI=1S/C25H26N6O4/c1-33-22-16-26-15-21(29-22)20-14-17-6-7-27-25(32)23(17)24(30-20)28-18-2-4-19(5-3-18)35-13-10-31-8-11-34-12-9-31/h2-7,14-16H,8-13H2,1H3,(H,27,32)(H,28,30). The van der Waals surface area contributed by atoms with E-state index in [1.165, 1.54) is 13.3 Å². The van der Waals surface area contributed by atoms with Gasteiger partial charge in [-0.3, -0.25) is 14.7 Å². The molecule has 0 amide bonds. The molecule has 0 radical (unpaired) electrons. The Morgan fingerprint density at radius 1 is 1.09 bits per heavy atom. The maximum Gasteiger partial charge on any atom is 0.259 e. The van der Waals surface area contributed by atoms with Crippen molar-refractivity contribution in [1.82, 2.24) is 24.8 Å². The fraction of sp³-hybridized carbons (Fsp3) is 0.280. The summed E-state index contributed by atoms with van der Waals surface area (Å²) in [6, 6.07) is 11.2. The van der Waals surface area contributed by atoms with Crippen molar-refractivity contribution >= 4 is 22.3 Å². The normalized spacial score (nSPS) is 14.1. The highest BCUT2D eigenvalue weighted by molar-refractivity contribution is 5.94. The molecule has 2 N–H and O–H groups in total. The van der Waals surface area contributed by atoms with Gasteiger partial charge in [0.1, 0.15) is 23.9 Å². The van der Waals surface area contributed by atoms with Crippen LogP contribution in [0, 0.1) is 0 Å². The quantitative estimate of drug-likeness (QED) is 0.398. The number of H-pyrrole nitrogens is 1. The Kier molecular flexibility index (Phi) is 6.82. The second-order valence-corrected chi connectivity index (χ2v) is 8.03. The smallest absolute Gasteiger partial charge is 0.259 e. The number of aromatic amines is 1. The second-order valence-electron chi connectivity index (χ2n) is 8.03. The van der Waals surface area contributed by atoms with E-state index in [4.69, 9.17) is 19.2 Å². The zero-order valence-corrected chi connectivity index (χ0v) is 19.4. The molecule has 3 aromatic heterocycles. The molecule has 4 heterocycles. The molecule has 0 saturated carbocycles. The van der Waals surface area contributed by atoms with Gasteiger partial charge in [0.2, 0.25) is 5.88 Å². The molecule has 0 atom stereocenters. The molecule has 1 aliphatic rings. The summed E-state index contributed by atoms with van der Waals surface area (Å²) < 4.78 is 16.5. The highest BCUT2D eigenvalue weighted by Crippen LogP contribution is 2.28. The van der Waals surface area contributed by atoms with Gasteiger partial charge in [-0.2, -0.15) is 0 Å². The first-order valence-electron chi connectivity index (χ1n) is 11.4. The van der Waals surface area contributed by atoms with Gasteiger partial charge in [-0.25, -0.2) is 9.97 Å². The van der Waals surface area contributed by atoms with E-state index in [0.717, 1.165) is 49.7 Å². The van der Waals surface area contributed by atoms with Crippen LogP contribution in [0.15, 0.2) is 59.8 Å². The van der Waals surface area contributed by atoms with Crippen molar-refractivity contribution in [1.29, 1.82) is 0 Å². The van der Waals surface area contributed by atoms with Crippen LogP contribution in [-0.4, -0.2) is 71.4 Å². The van der Waals surface area contributed by atoms with Crippen molar-refractivity contribution in [2.45, 2.75) is 0 Å². The molecular formula is C25H26N6O4. The number of rotatable bonds is 8. The van der Waals surface area contributed by atoms with Crippen LogP contribution in [0.4, 0.5) is 11.5 Å². The molecule has 0 spiro atoms. The number of aromatic nitrogens is 4. The summed E-state index contributed by atoms with van der Waals surface area (Å²) >= 11 is 0. The third kappa shape index (κ3) is 5.39. The zero-order chi connectivity index (χ0) is 24.0. The Bertz CT molecular complexity index is 1350. The first-order valence-corrected chi connectivity index (χ1v) is 11.4. The molecule has 10 heteroatoms. The summed E-state index contributed by atoms with van der Waals surface area (Å²) in [6.07, 6.45) is 4.74. The van der Waals surface area contributed by atoms with E-state index >= 15 is 0 Å². The summed E-state index contributed by atoms with van der Waals surface area (Å²) in [7, 11) is 1.53. The number of fused-ring (bicyclic) bond motifs is 1. The summed E-state index contributed by atoms with van der Waals surface area (Å²) in [5, 5.41) is 4.46. The van der Waals surface area contributed by atoms with Crippen molar-refractivity contribution in [3.05, 3.63) is 65.3 Å². The lowest BCUT2D eigenvalue weighted by Crippen LogP contribution is -2.38. The number of pyridine rings is 2. The Balaban J connectivity index is 1.36. The van der Waals surface area contributed by atoms with Crippen LogP contribution >= 0.6 is 0 Å². The fourth-order valence-corrected chi connectivity index (χ4v) is 3.89. The molecule has 180 valence electrons. The van der Waals surface area contributed by atoms with Gasteiger partial charge < -0.3 is 24.5 Å². The van der Waals surface area contributed by atoms with Gasteiger partial charge in [0.15, 0.2) is 0 Å². The Labute approximate surface area is 201 Å². The van der Waals surface area contributed by atoms with Crippen molar-refractivity contribution in [3.8, 4) is 23.0 Å².